The maximum atomic E-state index is 13.5. The lowest BCUT2D eigenvalue weighted by Crippen LogP contribution is -2.28. The molecule has 4 nitrogen and oxygen atoms in total. The lowest BCUT2D eigenvalue weighted by molar-refractivity contribution is 0.0952. The number of hydrogen-bond acceptors (Lipinski definition) is 3. The molecule has 0 saturated heterocycles. The number of methoxy groups -OCH3 is 1. The lowest BCUT2D eigenvalue weighted by atomic mass is 9.96. The second-order valence-electron chi connectivity index (χ2n) is 7.84. The molecule has 0 saturated carbocycles. The van der Waals surface area contributed by atoms with Crippen molar-refractivity contribution < 1.29 is 9.53 Å². The van der Waals surface area contributed by atoms with E-state index in [-0.39, 0.29) is 11.8 Å². The van der Waals surface area contributed by atoms with E-state index in [0.29, 0.717) is 12.1 Å². The van der Waals surface area contributed by atoms with Gasteiger partial charge in [0.15, 0.2) is 0 Å². The molecule has 0 aliphatic carbocycles. The number of para-hydroxylation sites is 1. The number of rotatable bonds is 6. The van der Waals surface area contributed by atoms with Crippen molar-refractivity contribution in [1.82, 2.24) is 10.3 Å². The molecule has 4 rings (SSSR count). The van der Waals surface area contributed by atoms with Crippen molar-refractivity contribution in [3.63, 3.8) is 0 Å². The number of aromatic nitrogens is 1. The highest BCUT2D eigenvalue weighted by Crippen LogP contribution is 2.31. The normalized spacial score (nSPS) is 11.9. The molecular weight excluding hydrogens is 464 g/mol. The third-order valence-electron chi connectivity index (χ3n) is 5.70. The summed E-state index contributed by atoms with van der Waals surface area (Å²) in [4.78, 5) is 18.4. The van der Waals surface area contributed by atoms with Gasteiger partial charge in [0.25, 0.3) is 5.91 Å². The smallest absolute Gasteiger partial charge is 0.252 e. The van der Waals surface area contributed by atoms with Crippen LogP contribution in [0.5, 0.6) is 5.75 Å². The second-order valence-corrected chi connectivity index (χ2v) is 8.76. The van der Waals surface area contributed by atoms with E-state index in [1.165, 1.54) is 0 Å². The summed E-state index contributed by atoms with van der Waals surface area (Å²) in [6.45, 7) is 4.55. The van der Waals surface area contributed by atoms with Gasteiger partial charge in [-0.1, -0.05) is 71.4 Å². The fourth-order valence-corrected chi connectivity index (χ4v) is 4.38. The van der Waals surface area contributed by atoms with E-state index in [1.807, 2.05) is 79.7 Å². The minimum Gasteiger partial charge on any atom is -0.496 e. The molecule has 3 aromatic carbocycles. The van der Waals surface area contributed by atoms with Gasteiger partial charge in [0, 0.05) is 27.9 Å². The quantitative estimate of drug-likeness (QED) is 0.336. The van der Waals surface area contributed by atoms with Gasteiger partial charge in [-0.25, -0.2) is 4.98 Å². The Labute approximate surface area is 196 Å². The molecule has 1 atom stereocenters. The van der Waals surface area contributed by atoms with Gasteiger partial charge in [-0.2, -0.15) is 0 Å². The Bertz CT molecular complexity index is 1270. The zero-order valence-corrected chi connectivity index (χ0v) is 19.9. The van der Waals surface area contributed by atoms with Crippen LogP contribution >= 0.6 is 15.9 Å². The molecule has 5 heteroatoms. The molecule has 0 aliphatic rings. The number of halogens is 1. The minimum atomic E-state index is -0.105. The number of hydrogen-bond donors (Lipinski definition) is 1. The number of pyridine rings is 1. The number of nitrogens with one attached hydrogen (secondary N) is 1. The number of amides is 1. The molecule has 162 valence electrons. The van der Waals surface area contributed by atoms with Gasteiger partial charge in [0.05, 0.1) is 23.9 Å². The zero-order valence-electron chi connectivity index (χ0n) is 18.4. The highest BCUT2D eigenvalue weighted by atomic mass is 79.9. The average Bonchev–Trinajstić information content (AvgIpc) is 2.82. The maximum Gasteiger partial charge on any atom is 0.252 e. The Balaban J connectivity index is 1.71. The summed E-state index contributed by atoms with van der Waals surface area (Å²) in [5.41, 5.74) is 5.20. The Morgan fingerprint density at radius 2 is 1.78 bits per heavy atom. The Kier molecular flexibility index (Phi) is 6.56. The maximum absolute atomic E-state index is 13.5. The summed E-state index contributed by atoms with van der Waals surface area (Å²) in [6.07, 6.45) is 0. The van der Waals surface area contributed by atoms with Gasteiger partial charge in [-0.15, -0.1) is 0 Å². The van der Waals surface area contributed by atoms with Crippen LogP contribution in [0.4, 0.5) is 0 Å². The van der Waals surface area contributed by atoms with Crippen molar-refractivity contribution >= 4 is 32.7 Å². The van der Waals surface area contributed by atoms with Crippen LogP contribution in [-0.4, -0.2) is 24.5 Å². The van der Waals surface area contributed by atoms with Crippen molar-refractivity contribution in [2.24, 2.45) is 0 Å². The van der Waals surface area contributed by atoms with E-state index in [2.05, 4.69) is 28.2 Å². The number of carbonyl (C=O) groups excluding carboxylic acids is 1. The first-order chi connectivity index (χ1) is 15.5. The van der Waals surface area contributed by atoms with Crippen LogP contribution in [0.2, 0.25) is 0 Å². The van der Waals surface area contributed by atoms with Gasteiger partial charge in [-0.05, 0) is 42.3 Å². The van der Waals surface area contributed by atoms with Crippen molar-refractivity contribution in [1.29, 1.82) is 0 Å². The SMILES string of the molecule is COc1ccccc1C(C)CNC(=O)c1c(C)c(-c2ccccc2)nc2ccc(Br)cc12. The minimum absolute atomic E-state index is 0.101. The Hall–Kier alpha value is -3.18. The van der Waals surface area contributed by atoms with Gasteiger partial charge >= 0.3 is 0 Å². The number of benzene rings is 3. The third kappa shape index (κ3) is 4.39. The molecule has 0 spiro atoms. The van der Waals surface area contributed by atoms with Crippen LogP contribution in [0.15, 0.2) is 77.3 Å². The van der Waals surface area contributed by atoms with Crippen LogP contribution < -0.4 is 10.1 Å². The molecule has 0 fully saturated rings. The number of carbonyl (C=O) groups is 1. The fraction of sp³-hybridized carbons (Fsp3) is 0.185. The molecule has 32 heavy (non-hydrogen) atoms. The van der Waals surface area contributed by atoms with Gasteiger partial charge in [0.2, 0.25) is 0 Å². The Morgan fingerprint density at radius 1 is 1.06 bits per heavy atom. The van der Waals surface area contributed by atoms with Gasteiger partial charge < -0.3 is 10.1 Å². The molecule has 1 unspecified atom stereocenters. The fourth-order valence-electron chi connectivity index (χ4n) is 4.02. The van der Waals surface area contributed by atoms with Crippen LogP contribution in [-0.2, 0) is 0 Å². The summed E-state index contributed by atoms with van der Waals surface area (Å²) in [6, 6.07) is 23.7. The molecular formula is C27H25BrN2O2. The van der Waals surface area contributed by atoms with Crippen molar-refractivity contribution in [2.75, 3.05) is 13.7 Å². The lowest BCUT2D eigenvalue weighted by Gasteiger charge is -2.18. The number of ether oxygens (including phenoxy) is 1. The highest BCUT2D eigenvalue weighted by Gasteiger charge is 2.20. The number of nitrogens with zero attached hydrogens (tertiary/aromatic N) is 1. The third-order valence-corrected chi connectivity index (χ3v) is 6.20. The van der Waals surface area contributed by atoms with E-state index < -0.39 is 0 Å². The monoisotopic (exact) mass is 488 g/mol. The molecule has 1 aromatic heterocycles. The topological polar surface area (TPSA) is 51.2 Å². The molecule has 1 N–H and O–H groups in total. The summed E-state index contributed by atoms with van der Waals surface area (Å²) in [7, 11) is 1.67. The second kappa shape index (κ2) is 9.53. The summed E-state index contributed by atoms with van der Waals surface area (Å²) >= 11 is 3.54. The van der Waals surface area contributed by atoms with Crippen LogP contribution in [0.3, 0.4) is 0 Å². The molecule has 0 aliphatic heterocycles. The zero-order chi connectivity index (χ0) is 22.7. The summed E-state index contributed by atoms with van der Waals surface area (Å²) in [5, 5.41) is 3.97. The predicted octanol–water partition coefficient (Wildman–Crippen LogP) is 6.51. The van der Waals surface area contributed by atoms with E-state index in [1.54, 1.807) is 7.11 Å². The van der Waals surface area contributed by atoms with E-state index in [0.717, 1.165) is 43.5 Å². The van der Waals surface area contributed by atoms with Crippen LogP contribution in [0.1, 0.15) is 34.3 Å². The van der Waals surface area contributed by atoms with E-state index in [4.69, 9.17) is 9.72 Å². The van der Waals surface area contributed by atoms with Crippen molar-refractivity contribution in [2.45, 2.75) is 19.8 Å². The van der Waals surface area contributed by atoms with Gasteiger partial charge in [0.1, 0.15) is 5.75 Å². The van der Waals surface area contributed by atoms with E-state index in [9.17, 15) is 4.79 Å². The van der Waals surface area contributed by atoms with Gasteiger partial charge in [-0.3, -0.25) is 4.79 Å². The molecule has 1 amide bonds. The standard InChI is InChI=1S/C27H25BrN2O2/c1-17(21-11-7-8-12-24(21)32-3)16-29-27(31)25-18(2)26(19-9-5-4-6-10-19)30-23-14-13-20(28)15-22(23)25/h4-15,17H,16H2,1-3H3,(H,29,31). The first kappa shape index (κ1) is 22.0. The first-order valence-electron chi connectivity index (χ1n) is 10.6. The summed E-state index contributed by atoms with van der Waals surface area (Å²) < 4.78 is 6.40. The summed E-state index contributed by atoms with van der Waals surface area (Å²) in [5.74, 6) is 0.825. The molecule has 1 heterocycles. The van der Waals surface area contributed by atoms with E-state index >= 15 is 0 Å². The highest BCUT2D eigenvalue weighted by molar-refractivity contribution is 9.10. The van der Waals surface area contributed by atoms with Crippen molar-refractivity contribution in [3.8, 4) is 17.0 Å². The average molecular weight is 489 g/mol. The molecule has 0 bridgehead atoms. The van der Waals surface area contributed by atoms with Crippen LogP contribution in [0.25, 0.3) is 22.2 Å². The largest absolute Gasteiger partial charge is 0.496 e. The number of fused-ring (bicyclic) bond motifs is 1. The predicted molar refractivity (Wildman–Crippen MR) is 133 cm³/mol. The first-order valence-corrected chi connectivity index (χ1v) is 11.3. The molecule has 4 aromatic rings. The van der Waals surface area contributed by atoms with Crippen molar-refractivity contribution in [3.05, 3.63) is 94.0 Å². The molecule has 0 radical (unpaired) electrons. The Morgan fingerprint density at radius 3 is 2.53 bits per heavy atom. The van der Waals surface area contributed by atoms with Crippen LogP contribution in [0, 0.1) is 6.92 Å².